The highest BCUT2D eigenvalue weighted by Gasteiger charge is 2.25. The smallest absolute Gasteiger partial charge is 0.308 e. The summed E-state index contributed by atoms with van der Waals surface area (Å²) < 4.78 is 4.88. The van der Waals surface area contributed by atoms with Crippen molar-refractivity contribution in [2.45, 2.75) is 84.7 Å². The van der Waals surface area contributed by atoms with Crippen LogP contribution in [0.25, 0.3) is 0 Å². The molecule has 0 bridgehead atoms. The minimum atomic E-state index is -0.338. The summed E-state index contributed by atoms with van der Waals surface area (Å²) in [6.45, 7) is 8.17. The Morgan fingerprint density at radius 2 is 1.84 bits per heavy atom. The van der Waals surface area contributed by atoms with Gasteiger partial charge in [0.25, 0.3) is 5.91 Å². The molecule has 0 unspecified atom stereocenters. The molecule has 1 aromatic heterocycles. The predicted molar refractivity (Wildman–Crippen MR) is 149 cm³/mol. The summed E-state index contributed by atoms with van der Waals surface area (Å²) in [5.41, 5.74) is 1.47. The minimum Gasteiger partial charge on any atom is -0.469 e. The maximum absolute atomic E-state index is 13.1. The SMILES string of the molecule is CCCCC(=O)N(C)[C@H](CCc1nc(C(=O)N[C@@H](Cc2ccccc2)C[C@H](C)C(=O)OC)cs1)C(C)C. The number of nitrogens with zero attached hydrogens (tertiary/aromatic N) is 2. The van der Waals surface area contributed by atoms with E-state index < -0.39 is 0 Å². The van der Waals surface area contributed by atoms with Gasteiger partial charge in [0.05, 0.1) is 18.0 Å². The standard InChI is InChI=1S/C29H43N3O4S/c1-7-8-14-27(33)32(5)25(20(2)3)15-16-26-31-24(19-37-26)28(34)30-23(17-21(4)29(35)36-6)18-22-12-10-9-11-13-22/h9-13,19-21,23,25H,7-8,14-18H2,1-6H3,(H,30,34)/t21-,23+,25+/m0/s1. The lowest BCUT2D eigenvalue weighted by molar-refractivity contribution is -0.145. The van der Waals surface area contributed by atoms with Crippen LogP contribution in [0.1, 0.15) is 80.9 Å². The molecular weight excluding hydrogens is 486 g/mol. The number of aryl methyl sites for hydroxylation is 1. The minimum absolute atomic E-state index is 0.126. The molecule has 0 spiro atoms. The van der Waals surface area contributed by atoms with Crippen LogP contribution in [0.2, 0.25) is 0 Å². The van der Waals surface area contributed by atoms with Gasteiger partial charge in [0.1, 0.15) is 5.69 Å². The fourth-order valence-corrected chi connectivity index (χ4v) is 5.33. The molecule has 0 saturated carbocycles. The molecule has 8 heteroatoms. The third-order valence-corrected chi connectivity index (χ3v) is 7.65. The predicted octanol–water partition coefficient (Wildman–Crippen LogP) is 5.29. The first kappa shape index (κ1) is 30.5. The number of amides is 2. The molecule has 7 nitrogen and oxygen atoms in total. The Morgan fingerprint density at radius 3 is 2.46 bits per heavy atom. The van der Waals surface area contributed by atoms with Gasteiger partial charge in [-0.15, -0.1) is 11.3 Å². The van der Waals surface area contributed by atoms with Gasteiger partial charge in [0.15, 0.2) is 0 Å². The van der Waals surface area contributed by atoms with Gasteiger partial charge >= 0.3 is 5.97 Å². The normalized spacial score (nSPS) is 13.6. The summed E-state index contributed by atoms with van der Waals surface area (Å²) in [4.78, 5) is 44.1. The molecule has 37 heavy (non-hydrogen) atoms. The van der Waals surface area contributed by atoms with E-state index in [1.165, 1.54) is 18.4 Å². The van der Waals surface area contributed by atoms with E-state index in [0.717, 1.165) is 29.8 Å². The fourth-order valence-electron chi connectivity index (χ4n) is 4.54. The largest absolute Gasteiger partial charge is 0.469 e. The lowest BCUT2D eigenvalue weighted by Gasteiger charge is -2.31. The summed E-state index contributed by atoms with van der Waals surface area (Å²) >= 11 is 1.47. The van der Waals surface area contributed by atoms with Gasteiger partial charge in [-0.2, -0.15) is 0 Å². The summed E-state index contributed by atoms with van der Waals surface area (Å²) in [6.07, 6.45) is 5.08. The molecule has 1 heterocycles. The summed E-state index contributed by atoms with van der Waals surface area (Å²) in [5, 5.41) is 5.75. The van der Waals surface area contributed by atoms with Crippen LogP contribution in [0.5, 0.6) is 0 Å². The molecule has 3 atom stereocenters. The first-order valence-corrected chi connectivity index (χ1v) is 14.2. The van der Waals surface area contributed by atoms with Crippen LogP contribution in [0.4, 0.5) is 0 Å². The number of hydrogen-bond donors (Lipinski definition) is 1. The molecule has 0 radical (unpaired) electrons. The maximum atomic E-state index is 13.1. The van der Waals surface area contributed by atoms with E-state index in [1.54, 1.807) is 5.38 Å². The molecule has 2 aromatic rings. The average Bonchev–Trinajstić information content (AvgIpc) is 3.36. The van der Waals surface area contributed by atoms with Crippen molar-refractivity contribution < 1.29 is 19.1 Å². The first-order chi connectivity index (χ1) is 17.7. The quantitative estimate of drug-likeness (QED) is 0.317. The number of aromatic nitrogens is 1. The Hall–Kier alpha value is -2.74. The van der Waals surface area contributed by atoms with E-state index in [-0.39, 0.29) is 35.8 Å². The van der Waals surface area contributed by atoms with Crippen LogP contribution in [0, 0.1) is 11.8 Å². The van der Waals surface area contributed by atoms with Crippen molar-refractivity contribution in [3.05, 3.63) is 52.0 Å². The van der Waals surface area contributed by atoms with Gasteiger partial charge in [0.2, 0.25) is 5.91 Å². The number of ether oxygens (including phenoxy) is 1. The number of rotatable bonds is 15. The van der Waals surface area contributed by atoms with Gasteiger partial charge < -0.3 is 15.0 Å². The van der Waals surface area contributed by atoms with Crippen molar-refractivity contribution in [2.24, 2.45) is 11.8 Å². The van der Waals surface area contributed by atoms with Crippen LogP contribution in [0.15, 0.2) is 35.7 Å². The molecule has 1 N–H and O–H groups in total. The summed E-state index contributed by atoms with van der Waals surface area (Å²) in [6, 6.07) is 9.79. The second kappa shape index (κ2) is 15.5. The second-order valence-electron chi connectivity index (χ2n) is 10.1. The van der Waals surface area contributed by atoms with Gasteiger partial charge in [-0.05, 0) is 37.2 Å². The topological polar surface area (TPSA) is 88.6 Å². The molecule has 0 aliphatic carbocycles. The van der Waals surface area contributed by atoms with Crippen molar-refractivity contribution in [1.29, 1.82) is 0 Å². The first-order valence-electron chi connectivity index (χ1n) is 13.3. The van der Waals surface area contributed by atoms with Crippen LogP contribution >= 0.6 is 11.3 Å². The van der Waals surface area contributed by atoms with E-state index in [4.69, 9.17) is 4.74 Å². The zero-order valence-corrected chi connectivity index (χ0v) is 24.0. The molecule has 204 valence electrons. The average molecular weight is 530 g/mol. The highest BCUT2D eigenvalue weighted by molar-refractivity contribution is 7.09. The van der Waals surface area contributed by atoms with Crippen molar-refractivity contribution in [2.75, 3.05) is 14.2 Å². The monoisotopic (exact) mass is 529 g/mol. The molecule has 1 aromatic carbocycles. The summed E-state index contributed by atoms with van der Waals surface area (Å²) in [7, 11) is 3.27. The highest BCUT2D eigenvalue weighted by Crippen LogP contribution is 2.20. The van der Waals surface area contributed by atoms with Gasteiger partial charge in [-0.25, -0.2) is 4.98 Å². The molecule has 0 fully saturated rings. The number of benzene rings is 1. The number of unbranched alkanes of at least 4 members (excludes halogenated alkanes) is 1. The number of carbonyl (C=O) groups is 3. The zero-order valence-electron chi connectivity index (χ0n) is 23.2. The van der Waals surface area contributed by atoms with Gasteiger partial charge in [-0.3, -0.25) is 14.4 Å². The Bertz CT molecular complexity index is 992. The van der Waals surface area contributed by atoms with Gasteiger partial charge in [0, 0.05) is 37.4 Å². The van der Waals surface area contributed by atoms with E-state index >= 15 is 0 Å². The third kappa shape index (κ3) is 9.91. The zero-order chi connectivity index (χ0) is 27.4. The van der Waals surface area contributed by atoms with Crippen molar-refractivity contribution in [3.8, 4) is 0 Å². The molecule has 2 rings (SSSR count). The molecule has 0 aliphatic rings. The Morgan fingerprint density at radius 1 is 1.14 bits per heavy atom. The number of carbonyl (C=O) groups excluding carboxylic acids is 3. The molecule has 2 amide bonds. The lowest BCUT2D eigenvalue weighted by Crippen LogP contribution is -2.40. The van der Waals surface area contributed by atoms with Crippen molar-refractivity contribution >= 4 is 29.1 Å². The van der Waals surface area contributed by atoms with Crippen LogP contribution in [-0.2, 0) is 27.2 Å². The summed E-state index contributed by atoms with van der Waals surface area (Å²) in [5.74, 6) is -0.358. The van der Waals surface area contributed by atoms with Crippen LogP contribution in [0.3, 0.4) is 0 Å². The lowest BCUT2D eigenvalue weighted by atomic mass is 9.96. The van der Waals surface area contributed by atoms with Crippen LogP contribution < -0.4 is 5.32 Å². The van der Waals surface area contributed by atoms with E-state index in [2.05, 4.69) is 31.1 Å². The Labute approximate surface area is 226 Å². The van der Waals surface area contributed by atoms with Gasteiger partial charge in [-0.1, -0.05) is 64.4 Å². The van der Waals surface area contributed by atoms with Crippen LogP contribution in [-0.4, -0.2) is 53.9 Å². The Balaban J connectivity index is 2.03. The van der Waals surface area contributed by atoms with E-state index in [9.17, 15) is 14.4 Å². The number of esters is 1. The number of nitrogens with one attached hydrogen (secondary N) is 1. The third-order valence-electron chi connectivity index (χ3n) is 6.74. The Kier molecular flexibility index (Phi) is 12.8. The number of hydrogen-bond acceptors (Lipinski definition) is 6. The van der Waals surface area contributed by atoms with E-state index in [0.29, 0.717) is 37.3 Å². The molecular formula is C29H43N3O4S. The highest BCUT2D eigenvalue weighted by atomic mass is 32.1. The van der Waals surface area contributed by atoms with Crippen molar-refractivity contribution in [3.63, 3.8) is 0 Å². The molecule has 0 aliphatic heterocycles. The fraction of sp³-hybridized carbons (Fsp3) is 0.586. The maximum Gasteiger partial charge on any atom is 0.308 e. The number of thiazole rings is 1. The second-order valence-corrected chi connectivity index (χ2v) is 11.0. The molecule has 0 saturated heterocycles. The number of methoxy groups -OCH3 is 1. The van der Waals surface area contributed by atoms with E-state index in [1.807, 2.05) is 49.2 Å². The van der Waals surface area contributed by atoms with Crippen molar-refractivity contribution in [1.82, 2.24) is 15.2 Å².